The molecule has 0 N–H and O–H groups in total. The van der Waals surface area contributed by atoms with Crippen LogP contribution in [0.15, 0.2) is 18.7 Å². The Bertz CT molecular complexity index is 261. The third-order valence-corrected chi connectivity index (χ3v) is 2.71. The summed E-state index contributed by atoms with van der Waals surface area (Å²) in [6, 6.07) is 0. The van der Waals surface area contributed by atoms with Gasteiger partial charge in [-0.25, -0.2) is 9.13 Å². The van der Waals surface area contributed by atoms with E-state index in [1.165, 1.54) is 19.3 Å². The van der Waals surface area contributed by atoms with E-state index in [-0.39, 0.29) is 17.8 Å². The second-order valence-electron chi connectivity index (χ2n) is 3.87. The Kier molecular flexibility index (Phi) is 7.89. The molecule has 1 rings (SSSR count). The number of alkyl halides is 1. The fourth-order valence-electron chi connectivity index (χ4n) is 1.55. The summed E-state index contributed by atoms with van der Waals surface area (Å²) in [6.45, 7) is 3.14. The van der Waals surface area contributed by atoms with E-state index in [4.69, 9.17) is 11.6 Å². The van der Waals surface area contributed by atoms with Crippen molar-refractivity contribution >= 4 is 11.6 Å². The molecule has 0 spiro atoms. The molecule has 0 aliphatic rings. The van der Waals surface area contributed by atoms with Crippen LogP contribution in [0, 0.1) is 0 Å². The Morgan fingerprint density at radius 1 is 1.40 bits per heavy atom. The van der Waals surface area contributed by atoms with Gasteiger partial charge < -0.3 is 12.4 Å². The van der Waals surface area contributed by atoms with Crippen LogP contribution in [0.25, 0.3) is 0 Å². The first kappa shape index (κ1) is 14.8. The maximum atomic E-state index is 6.23. The normalized spacial score (nSPS) is 12.2. The molecule has 4 heteroatoms. The van der Waals surface area contributed by atoms with Crippen LogP contribution >= 0.6 is 11.6 Å². The number of unbranched alkanes of at least 4 members (excludes halogenated alkanes) is 2. The zero-order valence-corrected chi connectivity index (χ0v) is 11.0. The van der Waals surface area contributed by atoms with Gasteiger partial charge in [-0.15, -0.1) is 11.6 Å². The van der Waals surface area contributed by atoms with Gasteiger partial charge in [0, 0.05) is 0 Å². The summed E-state index contributed by atoms with van der Waals surface area (Å²) in [6.07, 6.45) is 11.1. The highest BCUT2D eigenvalue weighted by Crippen LogP contribution is 2.10. The first-order valence-electron chi connectivity index (χ1n) is 5.37. The molecule has 0 amide bonds. The Morgan fingerprint density at radius 3 is 2.67 bits per heavy atom. The van der Waals surface area contributed by atoms with Crippen LogP contribution in [0.3, 0.4) is 0 Å². The number of nitrogens with zero attached hydrogens (tertiary/aromatic N) is 2. The summed E-state index contributed by atoms with van der Waals surface area (Å²) in [5.74, 6) is 0. The van der Waals surface area contributed by atoms with Crippen LogP contribution in [-0.2, 0) is 13.6 Å². The van der Waals surface area contributed by atoms with Crippen LogP contribution in [0.5, 0.6) is 0 Å². The van der Waals surface area contributed by atoms with Gasteiger partial charge in [0.15, 0.2) is 0 Å². The SMILES string of the molecule is CCCCCC(Cl)Cn1cc[n+](C)c1.[Cl-]. The van der Waals surface area contributed by atoms with Crippen LogP contribution in [0.2, 0.25) is 0 Å². The van der Waals surface area contributed by atoms with Gasteiger partial charge in [0.05, 0.1) is 12.4 Å². The molecular weight excluding hydrogens is 231 g/mol. The first-order chi connectivity index (χ1) is 6.72. The third-order valence-electron chi connectivity index (χ3n) is 2.35. The van der Waals surface area contributed by atoms with Gasteiger partial charge in [0.2, 0.25) is 6.33 Å². The van der Waals surface area contributed by atoms with Crippen molar-refractivity contribution in [3.8, 4) is 0 Å². The molecule has 15 heavy (non-hydrogen) atoms. The van der Waals surface area contributed by atoms with E-state index < -0.39 is 0 Å². The highest BCUT2D eigenvalue weighted by Gasteiger charge is 2.08. The van der Waals surface area contributed by atoms with Gasteiger partial charge in [0.25, 0.3) is 0 Å². The molecule has 88 valence electrons. The summed E-state index contributed by atoms with van der Waals surface area (Å²) in [7, 11) is 2.02. The van der Waals surface area contributed by atoms with Crippen molar-refractivity contribution < 1.29 is 17.0 Å². The molecule has 2 nitrogen and oxygen atoms in total. The van der Waals surface area contributed by atoms with E-state index in [0.717, 1.165) is 13.0 Å². The Labute approximate surface area is 104 Å². The molecule has 1 atom stereocenters. The molecule has 0 saturated heterocycles. The molecule has 1 aromatic rings. The number of aryl methyl sites for hydroxylation is 1. The predicted molar refractivity (Wildman–Crippen MR) is 59.4 cm³/mol. The maximum absolute atomic E-state index is 6.23. The van der Waals surface area contributed by atoms with Crippen molar-refractivity contribution in [2.45, 2.75) is 44.5 Å². The summed E-state index contributed by atoms with van der Waals surface area (Å²) in [5.41, 5.74) is 0. The first-order valence-corrected chi connectivity index (χ1v) is 5.81. The molecule has 0 saturated carbocycles. The predicted octanol–water partition coefficient (Wildman–Crippen LogP) is -0.496. The zero-order valence-electron chi connectivity index (χ0n) is 9.50. The topological polar surface area (TPSA) is 8.81 Å². The minimum atomic E-state index is 0. The van der Waals surface area contributed by atoms with Crippen molar-refractivity contribution in [2.75, 3.05) is 0 Å². The molecule has 0 bridgehead atoms. The number of imidazole rings is 1. The lowest BCUT2D eigenvalue weighted by atomic mass is 10.1. The minimum absolute atomic E-state index is 0. The number of rotatable bonds is 6. The molecular formula is C11H20Cl2N2. The zero-order chi connectivity index (χ0) is 10.4. The lowest BCUT2D eigenvalue weighted by Gasteiger charge is -2.05. The molecule has 0 fully saturated rings. The summed E-state index contributed by atoms with van der Waals surface area (Å²) >= 11 is 6.23. The van der Waals surface area contributed by atoms with Gasteiger partial charge in [0.1, 0.15) is 18.9 Å². The van der Waals surface area contributed by atoms with Crippen molar-refractivity contribution in [1.82, 2.24) is 4.57 Å². The molecule has 1 aromatic heterocycles. The largest absolute Gasteiger partial charge is 1.00 e. The van der Waals surface area contributed by atoms with E-state index in [0.29, 0.717) is 0 Å². The van der Waals surface area contributed by atoms with E-state index in [1.54, 1.807) is 0 Å². The second-order valence-corrected chi connectivity index (χ2v) is 4.49. The number of hydrogen-bond donors (Lipinski definition) is 0. The lowest BCUT2D eigenvalue weighted by molar-refractivity contribution is -0.671. The van der Waals surface area contributed by atoms with E-state index in [9.17, 15) is 0 Å². The maximum Gasteiger partial charge on any atom is 0.243 e. The Hall–Kier alpha value is -0.210. The Balaban J connectivity index is 0.00000196. The van der Waals surface area contributed by atoms with Crippen LogP contribution in [0.4, 0.5) is 0 Å². The summed E-state index contributed by atoms with van der Waals surface area (Å²) in [4.78, 5) is 0. The van der Waals surface area contributed by atoms with Gasteiger partial charge in [-0.3, -0.25) is 0 Å². The van der Waals surface area contributed by atoms with Crippen molar-refractivity contribution in [2.24, 2.45) is 7.05 Å². The van der Waals surface area contributed by atoms with Gasteiger partial charge in [-0.2, -0.15) is 0 Å². The molecule has 0 aromatic carbocycles. The van der Waals surface area contributed by atoms with Gasteiger partial charge >= 0.3 is 0 Å². The minimum Gasteiger partial charge on any atom is -1.00 e. The lowest BCUT2D eigenvalue weighted by Crippen LogP contribution is -3.00. The molecule has 1 unspecified atom stereocenters. The average molecular weight is 251 g/mol. The fraction of sp³-hybridized carbons (Fsp3) is 0.727. The molecule has 0 aliphatic carbocycles. The number of halogens is 2. The van der Waals surface area contributed by atoms with Crippen molar-refractivity contribution in [3.63, 3.8) is 0 Å². The summed E-state index contributed by atoms with van der Waals surface area (Å²) < 4.78 is 4.18. The van der Waals surface area contributed by atoms with Crippen LogP contribution < -0.4 is 17.0 Å². The van der Waals surface area contributed by atoms with Crippen molar-refractivity contribution in [1.29, 1.82) is 0 Å². The standard InChI is InChI=1S/C11H20ClN2.ClH/c1-3-4-5-6-11(12)9-14-8-7-13(2)10-14;/h7-8,10-11H,3-6,9H2,1-2H3;1H/q+1;/p-1. The van der Waals surface area contributed by atoms with E-state index >= 15 is 0 Å². The van der Waals surface area contributed by atoms with E-state index in [1.807, 2.05) is 17.8 Å². The van der Waals surface area contributed by atoms with Crippen molar-refractivity contribution in [3.05, 3.63) is 18.7 Å². The molecule has 0 radical (unpaired) electrons. The number of aromatic nitrogens is 2. The Morgan fingerprint density at radius 2 is 2.13 bits per heavy atom. The second kappa shape index (κ2) is 8.00. The average Bonchev–Trinajstić information content (AvgIpc) is 2.52. The fourth-order valence-corrected chi connectivity index (χ4v) is 1.86. The quantitative estimate of drug-likeness (QED) is 0.366. The van der Waals surface area contributed by atoms with Crippen LogP contribution in [-0.4, -0.2) is 9.94 Å². The monoisotopic (exact) mass is 250 g/mol. The van der Waals surface area contributed by atoms with E-state index in [2.05, 4.69) is 24.0 Å². The summed E-state index contributed by atoms with van der Waals surface area (Å²) in [5, 5.41) is 0.272. The third kappa shape index (κ3) is 6.06. The highest BCUT2D eigenvalue weighted by molar-refractivity contribution is 6.20. The highest BCUT2D eigenvalue weighted by atomic mass is 35.5. The number of hydrogen-bond acceptors (Lipinski definition) is 0. The molecule has 0 aliphatic heterocycles. The van der Waals surface area contributed by atoms with Gasteiger partial charge in [-0.1, -0.05) is 26.2 Å². The van der Waals surface area contributed by atoms with Gasteiger partial charge in [-0.05, 0) is 6.42 Å². The van der Waals surface area contributed by atoms with Crippen LogP contribution in [0.1, 0.15) is 32.6 Å². The molecule has 1 heterocycles. The smallest absolute Gasteiger partial charge is 0.243 e.